The molecule has 0 aliphatic heterocycles. The average Bonchev–Trinajstić information content (AvgIpc) is 2.41. The Kier molecular flexibility index (Phi) is 4.69. The van der Waals surface area contributed by atoms with Gasteiger partial charge in [0.1, 0.15) is 4.90 Å². The van der Waals surface area contributed by atoms with Crippen molar-refractivity contribution in [1.82, 2.24) is 0 Å². The van der Waals surface area contributed by atoms with E-state index in [-0.39, 0.29) is 4.90 Å². The van der Waals surface area contributed by atoms with Gasteiger partial charge in [-0.15, -0.1) is 0 Å². The van der Waals surface area contributed by atoms with Crippen molar-refractivity contribution in [2.24, 2.45) is 5.14 Å². The van der Waals surface area contributed by atoms with Crippen LogP contribution >= 0.6 is 11.8 Å². The first-order valence-corrected chi connectivity index (χ1v) is 8.40. The molecule has 2 aromatic rings. The number of rotatable bonds is 5. The molecule has 2 N–H and O–H groups in total. The van der Waals surface area contributed by atoms with E-state index in [9.17, 15) is 8.42 Å². The molecular weight excluding hydrogens is 294 g/mol. The summed E-state index contributed by atoms with van der Waals surface area (Å²) in [4.78, 5) is 1.74. The summed E-state index contributed by atoms with van der Waals surface area (Å²) < 4.78 is 28.7. The number of hydrogen-bond donors (Lipinski definition) is 1. The summed E-state index contributed by atoms with van der Waals surface area (Å²) in [5.41, 5.74) is 0. The van der Waals surface area contributed by atoms with Crippen LogP contribution in [0.5, 0.6) is 5.75 Å². The average molecular weight is 309 g/mol. The quantitative estimate of drug-likeness (QED) is 0.922. The molecule has 0 unspecified atom stereocenters. The van der Waals surface area contributed by atoms with E-state index < -0.39 is 10.0 Å². The van der Waals surface area contributed by atoms with Gasteiger partial charge in [-0.3, -0.25) is 0 Å². The first-order chi connectivity index (χ1) is 9.52. The van der Waals surface area contributed by atoms with E-state index in [0.29, 0.717) is 12.4 Å². The molecule has 4 nitrogen and oxygen atoms in total. The lowest BCUT2D eigenvalue weighted by Crippen LogP contribution is -2.14. The molecule has 0 saturated carbocycles. The molecule has 0 aliphatic carbocycles. The van der Waals surface area contributed by atoms with Crippen LogP contribution in [-0.4, -0.2) is 15.0 Å². The van der Waals surface area contributed by atoms with Crippen molar-refractivity contribution >= 4 is 21.8 Å². The molecule has 0 aliphatic rings. The second-order valence-electron chi connectivity index (χ2n) is 3.98. The predicted molar refractivity (Wildman–Crippen MR) is 79.5 cm³/mol. The maximum atomic E-state index is 11.6. The Morgan fingerprint density at radius 2 is 1.80 bits per heavy atom. The molecule has 0 spiro atoms. The van der Waals surface area contributed by atoms with Crippen LogP contribution in [0, 0.1) is 0 Å². The molecule has 6 heteroatoms. The van der Waals surface area contributed by atoms with Crippen LogP contribution in [0.1, 0.15) is 6.92 Å². The molecule has 0 heterocycles. The zero-order valence-electron chi connectivity index (χ0n) is 10.9. The highest BCUT2D eigenvalue weighted by Crippen LogP contribution is 2.38. The van der Waals surface area contributed by atoms with Crippen LogP contribution < -0.4 is 9.88 Å². The number of para-hydroxylation sites is 1. The Bertz CT molecular complexity index is 685. The Labute approximate surface area is 123 Å². The van der Waals surface area contributed by atoms with Gasteiger partial charge in [-0.25, -0.2) is 13.6 Å². The predicted octanol–water partition coefficient (Wildman–Crippen LogP) is 2.88. The smallest absolute Gasteiger partial charge is 0.241 e. The molecular formula is C14H15NO3S2. The topological polar surface area (TPSA) is 69.4 Å². The van der Waals surface area contributed by atoms with Gasteiger partial charge in [-0.2, -0.15) is 0 Å². The standard InChI is InChI=1S/C14H15NO3S2/c1-2-18-14-12(19-11-7-4-3-5-8-11)9-6-10-13(14)20(15,16)17/h3-10H,2H2,1H3,(H2,15,16,17). The summed E-state index contributed by atoms with van der Waals surface area (Å²) in [6.07, 6.45) is 0. The summed E-state index contributed by atoms with van der Waals surface area (Å²) >= 11 is 1.44. The minimum absolute atomic E-state index is 0.0141. The lowest BCUT2D eigenvalue weighted by molar-refractivity contribution is 0.323. The summed E-state index contributed by atoms with van der Waals surface area (Å²) in [7, 11) is -3.81. The molecule has 0 radical (unpaired) electrons. The van der Waals surface area contributed by atoms with Crippen molar-refractivity contribution < 1.29 is 13.2 Å². The van der Waals surface area contributed by atoms with Crippen molar-refractivity contribution in [3.8, 4) is 5.75 Å². The second-order valence-corrected chi connectivity index (χ2v) is 6.62. The van der Waals surface area contributed by atoms with E-state index in [1.165, 1.54) is 17.8 Å². The fraction of sp³-hybridized carbons (Fsp3) is 0.143. The summed E-state index contributed by atoms with van der Waals surface area (Å²) in [5.74, 6) is 0.311. The fourth-order valence-corrected chi connectivity index (χ4v) is 3.42. The zero-order chi connectivity index (χ0) is 14.6. The van der Waals surface area contributed by atoms with E-state index in [2.05, 4.69) is 0 Å². The monoisotopic (exact) mass is 309 g/mol. The van der Waals surface area contributed by atoms with Crippen molar-refractivity contribution in [2.45, 2.75) is 21.6 Å². The number of ether oxygens (including phenoxy) is 1. The molecule has 106 valence electrons. The third-order valence-electron chi connectivity index (χ3n) is 2.51. The number of nitrogens with two attached hydrogens (primary N) is 1. The van der Waals surface area contributed by atoms with E-state index in [1.54, 1.807) is 13.0 Å². The van der Waals surface area contributed by atoms with E-state index in [1.807, 2.05) is 36.4 Å². The molecule has 0 bridgehead atoms. The molecule has 0 aromatic heterocycles. The minimum Gasteiger partial charge on any atom is -0.491 e. The van der Waals surface area contributed by atoms with Gasteiger partial charge in [0, 0.05) is 4.90 Å². The highest BCUT2D eigenvalue weighted by Gasteiger charge is 2.18. The van der Waals surface area contributed by atoms with Gasteiger partial charge >= 0.3 is 0 Å². The van der Waals surface area contributed by atoms with Gasteiger partial charge in [0.2, 0.25) is 10.0 Å². The molecule has 2 rings (SSSR count). The number of benzene rings is 2. The first-order valence-electron chi connectivity index (χ1n) is 6.04. The van der Waals surface area contributed by atoms with Gasteiger partial charge in [-0.05, 0) is 31.2 Å². The summed E-state index contributed by atoms with van der Waals surface area (Å²) in [6.45, 7) is 2.17. The second kappa shape index (κ2) is 6.30. The van der Waals surface area contributed by atoms with Crippen LogP contribution in [-0.2, 0) is 10.0 Å². The van der Waals surface area contributed by atoms with Gasteiger partial charge < -0.3 is 4.74 Å². The van der Waals surface area contributed by atoms with E-state index in [0.717, 1.165) is 9.79 Å². The molecule has 2 aromatic carbocycles. The lowest BCUT2D eigenvalue weighted by Gasteiger charge is -2.13. The van der Waals surface area contributed by atoms with Gasteiger partial charge in [-0.1, -0.05) is 36.0 Å². The number of primary sulfonamides is 1. The molecule has 0 amide bonds. The van der Waals surface area contributed by atoms with E-state index in [4.69, 9.17) is 9.88 Å². The Balaban J connectivity index is 2.47. The third-order valence-corrected chi connectivity index (χ3v) is 4.49. The highest BCUT2D eigenvalue weighted by atomic mass is 32.2. The van der Waals surface area contributed by atoms with Crippen molar-refractivity contribution in [2.75, 3.05) is 6.61 Å². The Morgan fingerprint density at radius 1 is 1.10 bits per heavy atom. The zero-order valence-corrected chi connectivity index (χ0v) is 12.6. The molecule has 0 saturated heterocycles. The highest BCUT2D eigenvalue weighted by molar-refractivity contribution is 7.99. The first kappa shape index (κ1) is 14.9. The van der Waals surface area contributed by atoms with Crippen molar-refractivity contribution in [3.63, 3.8) is 0 Å². The van der Waals surface area contributed by atoms with Crippen LogP contribution in [0.3, 0.4) is 0 Å². The Morgan fingerprint density at radius 3 is 2.40 bits per heavy atom. The third kappa shape index (κ3) is 3.53. The largest absolute Gasteiger partial charge is 0.491 e. The number of sulfonamides is 1. The van der Waals surface area contributed by atoms with Gasteiger partial charge in [0.15, 0.2) is 5.75 Å². The molecule has 20 heavy (non-hydrogen) atoms. The maximum Gasteiger partial charge on any atom is 0.241 e. The van der Waals surface area contributed by atoms with Gasteiger partial charge in [0.25, 0.3) is 0 Å². The van der Waals surface area contributed by atoms with Crippen LogP contribution in [0.2, 0.25) is 0 Å². The summed E-state index contributed by atoms with van der Waals surface area (Å²) in [6, 6.07) is 14.6. The molecule has 0 atom stereocenters. The van der Waals surface area contributed by atoms with Crippen molar-refractivity contribution in [1.29, 1.82) is 0 Å². The van der Waals surface area contributed by atoms with Crippen LogP contribution in [0.15, 0.2) is 63.2 Å². The summed E-state index contributed by atoms with van der Waals surface area (Å²) in [5, 5.41) is 5.23. The normalized spacial score (nSPS) is 11.3. The van der Waals surface area contributed by atoms with Crippen molar-refractivity contribution in [3.05, 3.63) is 48.5 Å². The molecule has 0 fully saturated rings. The van der Waals surface area contributed by atoms with Crippen LogP contribution in [0.4, 0.5) is 0 Å². The fourth-order valence-electron chi connectivity index (χ4n) is 1.70. The van der Waals surface area contributed by atoms with Gasteiger partial charge in [0.05, 0.1) is 11.5 Å². The van der Waals surface area contributed by atoms with E-state index >= 15 is 0 Å². The maximum absolute atomic E-state index is 11.6. The lowest BCUT2D eigenvalue weighted by atomic mass is 10.3. The SMILES string of the molecule is CCOc1c(Sc2ccccc2)cccc1S(N)(=O)=O. The Hall–Kier alpha value is -1.50. The van der Waals surface area contributed by atoms with Crippen LogP contribution in [0.25, 0.3) is 0 Å². The number of hydrogen-bond acceptors (Lipinski definition) is 4. The minimum atomic E-state index is -3.81.